The van der Waals surface area contributed by atoms with Crippen LogP contribution in [0.4, 0.5) is 5.69 Å². The molecule has 5 nitrogen and oxygen atoms in total. The monoisotopic (exact) mass is 373 g/mol. The zero-order chi connectivity index (χ0) is 20.1. The quantitative estimate of drug-likeness (QED) is 0.704. The van der Waals surface area contributed by atoms with Gasteiger partial charge in [-0.2, -0.15) is 0 Å². The predicted molar refractivity (Wildman–Crippen MR) is 110 cm³/mol. The van der Waals surface area contributed by atoms with Crippen LogP contribution in [-0.4, -0.2) is 16.8 Å². The minimum atomic E-state index is -0.318. The molecule has 0 aliphatic heterocycles. The summed E-state index contributed by atoms with van der Waals surface area (Å²) in [6.07, 6.45) is 1.47. The normalized spacial score (nSPS) is 10.4. The van der Waals surface area contributed by atoms with Crippen molar-refractivity contribution < 1.29 is 9.59 Å². The number of nitrogens with zero attached hydrogens (tertiary/aromatic N) is 1. The second-order valence-corrected chi connectivity index (χ2v) is 6.93. The van der Waals surface area contributed by atoms with E-state index in [1.54, 1.807) is 6.07 Å². The van der Waals surface area contributed by atoms with Gasteiger partial charge in [0.15, 0.2) is 0 Å². The largest absolute Gasteiger partial charge is 0.347 e. The Bertz CT molecular complexity index is 990. The van der Waals surface area contributed by atoms with Crippen LogP contribution in [0.3, 0.4) is 0 Å². The summed E-state index contributed by atoms with van der Waals surface area (Å²) >= 11 is 0. The van der Waals surface area contributed by atoms with Gasteiger partial charge in [0, 0.05) is 24.0 Å². The third kappa shape index (κ3) is 5.04. The van der Waals surface area contributed by atoms with Crippen LogP contribution < -0.4 is 10.6 Å². The molecule has 28 heavy (non-hydrogen) atoms. The van der Waals surface area contributed by atoms with Gasteiger partial charge in [0.25, 0.3) is 11.8 Å². The summed E-state index contributed by atoms with van der Waals surface area (Å²) in [5, 5.41) is 5.70. The standard InChI is InChI=1S/C23H23N3O2/c1-15-4-6-18(7-5-15)14-25-23(28)21-13-19(8-9-24-21)22(27)26-20-11-16(2)10-17(3)12-20/h4-13H,14H2,1-3H3,(H,25,28)(H,26,27). The number of nitrogens with one attached hydrogen (secondary N) is 2. The second kappa shape index (κ2) is 8.48. The molecule has 0 bridgehead atoms. The zero-order valence-electron chi connectivity index (χ0n) is 16.2. The molecule has 0 fully saturated rings. The van der Waals surface area contributed by atoms with Crippen LogP contribution in [0.2, 0.25) is 0 Å². The van der Waals surface area contributed by atoms with E-state index in [0.29, 0.717) is 12.1 Å². The lowest BCUT2D eigenvalue weighted by Crippen LogP contribution is -2.24. The second-order valence-electron chi connectivity index (χ2n) is 6.93. The minimum absolute atomic E-state index is 0.209. The first-order chi connectivity index (χ1) is 13.4. The Kier molecular flexibility index (Phi) is 5.84. The zero-order valence-corrected chi connectivity index (χ0v) is 16.2. The lowest BCUT2D eigenvalue weighted by atomic mass is 10.1. The molecule has 0 unspecified atom stereocenters. The molecule has 0 aliphatic rings. The number of pyridine rings is 1. The van der Waals surface area contributed by atoms with Gasteiger partial charge in [0.1, 0.15) is 5.69 Å². The topological polar surface area (TPSA) is 71.1 Å². The molecule has 0 aliphatic carbocycles. The number of carbonyl (C=O) groups is 2. The van der Waals surface area contributed by atoms with Crippen LogP contribution >= 0.6 is 0 Å². The molecule has 1 heterocycles. The van der Waals surface area contributed by atoms with Crippen molar-refractivity contribution >= 4 is 17.5 Å². The molecule has 2 amide bonds. The number of hydrogen-bond acceptors (Lipinski definition) is 3. The summed E-state index contributed by atoms with van der Waals surface area (Å²) in [7, 11) is 0. The highest BCUT2D eigenvalue weighted by Crippen LogP contribution is 2.15. The SMILES string of the molecule is Cc1ccc(CNC(=O)c2cc(C(=O)Nc3cc(C)cc(C)c3)ccn2)cc1. The van der Waals surface area contributed by atoms with E-state index in [1.807, 2.05) is 63.2 Å². The number of hydrogen-bond donors (Lipinski definition) is 2. The molecule has 3 aromatic rings. The van der Waals surface area contributed by atoms with E-state index in [2.05, 4.69) is 15.6 Å². The Morgan fingerprint density at radius 1 is 0.821 bits per heavy atom. The van der Waals surface area contributed by atoms with Crippen molar-refractivity contribution in [2.45, 2.75) is 27.3 Å². The molecule has 2 aromatic carbocycles. The van der Waals surface area contributed by atoms with Crippen molar-refractivity contribution in [1.29, 1.82) is 0 Å². The van der Waals surface area contributed by atoms with E-state index in [-0.39, 0.29) is 17.5 Å². The maximum Gasteiger partial charge on any atom is 0.270 e. The summed E-state index contributed by atoms with van der Waals surface area (Å²) in [6.45, 7) is 6.37. The van der Waals surface area contributed by atoms with Crippen LogP contribution in [0.25, 0.3) is 0 Å². The Morgan fingerprint density at radius 3 is 2.18 bits per heavy atom. The first-order valence-electron chi connectivity index (χ1n) is 9.10. The van der Waals surface area contributed by atoms with Crippen LogP contribution in [0.5, 0.6) is 0 Å². The molecule has 2 N–H and O–H groups in total. The van der Waals surface area contributed by atoms with Crippen LogP contribution in [0, 0.1) is 20.8 Å². The Balaban J connectivity index is 1.67. The summed E-state index contributed by atoms with van der Waals surface area (Å²) < 4.78 is 0. The number of amides is 2. The minimum Gasteiger partial charge on any atom is -0.347 e. The van der Waals surface area contributed by atoms with Gasteiger partial charge in [-0.15, -0.1) is 0 Å². The maximum absolute atomic E-state index is 12.6. The van der Waals surface area contributed by atoms with Gasteiger partial charge in [0.2, 0.25) is 0 Å². The lowest BCUT2D eigenvalue weighted by Gasteiger charge is -2.09. The van der Waals surface area contributed by atoms with Crippen molar-refractivity contribution in [1.82, 2.24) is 10.3 Å². The number of aryl methyl sites for hydroxylation is 3. The third-order valence-corrected chi connectivity index (χ3v) is 4.31. The van der Waals surface area contributed by atoms with Crippen molar-refractivity contribution in [3.05, 3.63) is 94.3 Å². The Hall–Kier alpha value is -3.47. The average molecular weight is 373 g/mol. The van der Waals surface area contributed by atoms with E-state index in [9.17, 15) is 9.59 Å². The molecular weight excluding hydrogens is 350 g/mol. The first kappa shape index (κ1) is 19.3. The smallest absolute Gasteiger partial charge is 0.270 e. The average Bonchev–Trinajstić information content (AvgIpc) is 2.66. The number of aromatic nitrogens is 1. The number of benzene rings is 2. The van der Waals surface area contributed by atoms with Crippen molar-refractivity contribution in [3.8, 4) is 0 Å². The fourth-order valence-corrected chi connectivity index (χ4v) is 2.92. The summed E-state index contributed by atoms with van der Waals surface area (Å²) in [6, 6.07) is 16.9. The third-order valence-electron chi connectivity index (χ3n) is 4.31. The van der Waals surface area contributed by atoms with Crippen molar-refractivity contribution in [2.75, 3.05) is 5.32 Å². The highest BCUT2D eigenvalue weighted by Gasteiger charge is 2.12. The molecule has 0 saturated carbocycles. The molecule has 0 radical (unpaired) electrons. The first-order valence-corrected chi connectivity index (χ1v) is 9.10. The maximum atomic E-state index is 12.6. The van der Waals surface area contributed by atoms with Gasteiger partial charge in [-0.3, -0.25) is 14.6 Å². The van der Waals surface area contributed by atoms with Crippen molar-refractivity contribution in [3.63, 3.8) is 0 Å². The highest BCUT2D eigenvalue weighted by atomic mass is 16.2. The molecule has 0 saturated heterocycles. The van der Waals surface area contributed by atoms with E-state index in [1.165, 1.54) is 17.8 Å². The van der Waals surface area contributed by atoms with Gasteiger partial charge < -0.3 is 10.6 Å². The number of anilines is 1. The molecule has 142 valence electrons. The van der Waals surface area contributed by atoms with Crippen molar-refractivity contribution in [2.24, 2.45) is 0 Å². The van der Waals surface area contributed by atoms with E-state index in [0.717, 1.165) is 22.4 Å². The molecule has 5 heteroatoms. The summed E-state index contributed by atoms with van der Waals surface area (Å²) in [5.74, 6) is -0.596. The molecule has 3 rings (SSSR count). The van der Waals surface area contributed by atoms with Gasteiger partial charge >= 0.3 is 0 Å². The van der Waals surface area contributed by atoms with Crippen LogP contribution in [-0.2, 0) is 6.54 Å². The van der Waals surface area contributed by atoms with Gasteiger partial charge in [-0.1, -0.05) is 35.9 Å². The van der Waals surface area contributed by atoms with Crippen LogP contribution in [0.15, 0.2) is 60.8 Å². The predicted octanol–water partition coefficient (Wildman–Crippen LogP) is 4.19. The Morgan fingerprint density at radius 2 is 1.50 bits per heavy atom. The lowest BCUT2D eigenvalue weighted by molar-refractivity contribution is 0.0946. The van der Waals surface area contributed by atoms with E-state index in [4.69, 9.17) is 0 Å². The molecule has 0 spiro atoms. The van der Waals surface area contributed by atoms with E-state index >= 15 is 0 Å². The highest BCUT2D eigenvalue weighted by molar-refractivity contribution is 6.05. The fourth-order valence-electron chi connectivity index (χ4n) is 2.92. The van der Waals surface area contributed by atoms with Crippen LogP contribution in [0.1, 0.15) is 43.1 Å². The summed E-state index contributed by atoms with van der Waals surface area (Å²) in [4.78, 5) is 29.0. The molecule has 0 atom stereocenters. The summed E-state index contributed by atoms with van der Waals surface area (Å²) in [5.41, 5.74) is 5.63. The Labute approximate surface area is 164 Å². The fraction of sp³-hybridized carbons (Fsp3) is 0.174. The van der Waals surface area contributed by atoms with Gasteiger partial charge in [-0.05, 0) is 61.7 Å². The molecule has 1 aromatic heterocycles. The molecular formula is C23H23N3O2. The van der Waals surface area contributed by atoms with Gasteiger partial charge in [-0.25, -0.2) is 0 Å². The number of carbonyl (C=O) groups excluding carboxylic acids is 2. The van der Waals surface area contributed by atoms with E-state index < -0.39 is 0 Å². The van der Waals surface area contributed by atoms with Gasteiger partial charge in [0.05, 0.1) is 0 Å². The number of rotatable bonds is 5.